The van der Waals surface area contributed by atoms with E-state index in [0.29, 0.717) is 6.04 Å². The van der Waals surface area contributed by atoms with Gasteiger partial charge in [-0.25, -0.2) is 9.59 Å². The Morgan fingerprint density at radius 3 is 2.57 bits per heavy atom. The number of nitrogens with zero attached hydrogens (tertiary/aromatic N) is 2. The third-order valence-electron chi connectivity index (χ3n) is 4.34. The molecular weight excluding hydrogens is 274 g/mol. The van der Waals surface area contributed by atoms with Crippen LogP contribution in [0.5, 0.6) is 0 Å². The van der Waals surface area contributed by atoms with Crippen LogP contribution in [0.3, 0.4) is 0 Å². The summed E-state index contributed by atoms with van der Waals surface area (Å²) in [6, 6.07) is 0.299. The second-order valence-corrected chi connectivity index (χ2v) is 5.86. The summed E-state index contributed by atoms with van der Waals surface area (Å²) >= 11 is 0. The first-order chi connectivity index (χ1) is 10.1. The number of hydrogen-bond acceptors (Lipinski definition) is 4. The van der Waals surface area contributed by atoms with Gasteiger partial charge in [0.2, 0.25) is 0 Å². The molecule has 0 saturated carbocycles. The number of piperidine rings is 1. The van der Waals surface area contributed by atoms with E-state index in [1.807, 2.05) is 0 Å². The molecule has 2 fully saturated rings. The summed E-state index contributed by atoms with van der Waals surface area (Å²) in [6.45, 7) is 3.93. The highest BCUT2D eigenvalue weighted by Crippen LogP contribution is 2.20. The lowest BCUT2D eigenvalue weighted by atomic mass is 10.1. The lowest BCUT2D eigenvalue weighted by molar-refractivity contribution is -0.146. The molecule has 0 radical (unpaired) electrons. The van der Waals surface area contributed by atoms with Gasteiger partial charge in [-0.15, -0.1) is 0 Å². The zero-order chi connectivity index (χ0) is 15.2. The molecule has 2 amide bonds. The van der Waals surface area contributed by atoms with E-state index in [1.54, 1.807) is 4.90 Å². The molecule has 2 atom stereocenters. The molecule has 7 nitrogen and oxygen atoms in total. The van der Waals surface area contributed by atoms with Crippen molar-refractivity contribution < 1.29 is 19.8 Å². The van der Waals surface area contributed by atoms with Crippen molar-refractivity contribution in [1.29, 1.82) is 0 Å². The Kier molecular flexibility index (Phi) is 5.81. The number of urea groups is 1. The quantitative estimate of drug-likeness (QED) is 0.669. The van der Waals surface area contributed by atoms with Crippen molar-refractivity contribution in [3.63, 3.8) is 0 Å². The lowest BCUT2D eigenvalue weighted by Gasteiger charge is -2.32. The zero-order valence-corrected chi connectivity index (χ0v) is 12.3. The van der Waals surface area contributed by atoms with E-state index in [0.717, 1.165) is 32.6 Å². The zero-order valence-electron chi connectivity index (χ0n) is 12.3. The van der Waals surface area contributed by atoms with Crippen LogP contribution in [0.25, 0.3) is 0 Å². The Balaban J connectivity index is 1.68. The highest BCUT2D eigenvalue weighted by atomic mass is 16.4. The summed E-state index contributed by atoms with van der Waals surface area (Å²) in [5.74, 6) is -1.25. The first-order valence-corrected chi connectivity index (χ1v) is 7.75. The molecular formula is C14H25N3O4. The molecule has 21 heavy (non-hydrogen) atoms. The number of hydrogen-bond donors (Lipinski definition) is 3. The van der Waals surface area contributed by atoms with E-state index < -0.39 is 12.1 Å². The Bertz CT molecular complexity index is 371. The SMILES string of the molecule is O=C(O)C(O)CCNC(=O)N1CCC(N2CCCCC2)C1. The van der Waals surface area contributed by atoms with Crippen LogP contribution in [0.4, 0.5) is 4.79 Å². The number of nitrogens with one attached hydrogen (secondary N) is 1. The van der Waals surface area contributed by atoms with E-state index >= 15 is 0 Å². The monoisotopic (exact) mass is 299 g/mol. The number of amides is 2. The smallest absolute Gasteiger partial charge is 0.332 e. The number of rotatable bonds is 5. The van der Waals surface area contributed by atoms with Crippen LogP contribution in [0.15, 0.2) is 0 Å². The number of aliphatic carboxylic acids is 1. The van der Waals surface area contributed by atoms with Crippen LogP contribution in [-0.2, 0) is 4.79 Å². The van der Waals surface area contributed by atoms with Crippen LogP contribution < -0.4 is 5.32 Å². The fourth-order valence-electron chi connectivity index (χ4n) is 3.06. The average Bonchev–Trinajstić information content (AvgIpc) is 2.97. The minimum Gasteiger partial charge on any atom is -0.479 e. The van der Waals surface area contributed by atoms with Crippen molar-refractivity contribution in [2.45, 2.75) is 44.2 Å². The van der Waals surface area contributed by atoms with E-state index in [2.05, 4.69) is 10.2 Å². The normalized spacial score (nSPS) is 24.8. The number of carbonyl (C=O) groups excluding carboxylic acids is 1. The predicted octanol–water partition coefficient (Wildman–Crippen LogP) is 0.0918. The standard InChI is InChI=1S/C14H25N3O4/c18-12(13(19)20)4-6-15-14(21)17-9-5-11(10-17)16-7-2-1-3-8-16/h11-12,18H,1-10H2,(H,15,21)(H,19,20). The van der Waals surface area contributed by atoms with Gasteiger partial charge in [-0.3, -0.25) is 4.90 Å². The molecule has 0 spiro atoms. The molecule has 3 N–H and O–H groups in total. The van der Waals surface area contributed by atoms with Crippen LogP contribution in [0, 0.1) is 0 Å². The molecule has 2 saturated heterocycles. The van der Waals surface area contributed by atoms with Crippen molar-refractivity contribution in [1.82, 2.24) is 15.1 Å². The van der Waals surface area contributed by atoms with Gasteiger partial charge in [0.25, 0.3) is 0 Å². The highest BCUT2D eigenvalue weighted by Gasteiger charge is 2.30. The van der Waals surface area contributed by atoms with Crippen molar-refractivity contribution in [3.8, 4) is 0 Å². The van der Waals surface area contributed by atoms with Gasteiger partial charge in [0.1, 0.15) is 0 Å². The van der Waals surface area contributed by atoms with Crippen LogP contribution in [0.1, 0.15) is 32.1 Å². The number of carboxylic acids is 1. The van der Waals surface area contributed by atoms with Crippen LogP contribution >= 0.6 is 0 Å². The van der Waals surface area contributed by atoms with Gasteiger partial charge in [-0.2, -0.15) is 0 Å². The Morgan fingerprint density at radius 1 is 1.19 bits per heavy atom. The maximum atomic E-state index is 12.0. The van der Waals surface area contributed by atoms with Gasteiger partial charge < -0.3 is 20.4 Å². The van der Waals surface area contributed by atoms with E-state index in [9.17, 15) is 9.59 Å². The third kappa shape index (κ3) is 4.57. The maximum Gasteiger partial charge on any atom is 0.332 e. The molecule has 0 aliphatic carbocycles. The van der Waals surface area contributed by atoms with Crippen molar-refractivity contribution in [2.75, 3.05) is 32.7 Å². The second kappa shape index (κ2) is 7.61. The van der Waals surface area contributed by atoms with Crippen LogP contribution in [0.2, 0.25) is 0 Å². The van der Waals surface area contributed by atoms with Gasteiger partial charge >= 0.3 is 12.0 Å². The number of carboxylic acid groups (broad SMARTS) is 1. The highest BCUT2D eigenvalue weighted by molar-refractivity contribution is 5.75. The predicted molar refractivity (Wildman–Crippen MR) is 77.1 cm³/mol. The van der Waals surface area contributed by atoms with E-state index in [-0.39, 0.29) is 19.0 Å². The number of likely N-dealkylation sites (tertiary alicyclic amines) is 2. The van der Waals surface area contributed by atoms with Gasteiger partial charge in [-0.1, -0.05) is 6.42 Å². The minimum absolute atomic E-state index is 0.0322. The van der Waals surface area contributed by atoms with Gasteiger partial charge in [-0.05, 0) is 32.4 Å². The number of aliphatic hydroxyl groups excluding tert-OH is 1. The summed E-state index contributed by atoms with van der Waals surface area (Å²) in [5.41, 5.74) is 0. The topological polar surface area (TPSA) is 93.1 Å². The summed E-state index contributed by atoms with van der Waals surface area (Å²) in [5, 5.41) is 20.4. The van der Waals surface area contributed by atoms with Crippen molar-refractivity contribution >= 4 is 12.0 Å². The maximum absolute atomic E-state index is 12.0. The van der Waals surface area contributed by atoms with Gasteiger partial charge in [0.15, 0.2) is 6.10 Å². The largest absolute Gasteiger partial charge is 0.479 e. The van der Waals surface area contributed by atoms with Gasteiger partial charge in [0.05, 0.1) is 0 Å². The van der Waals surface area contributed by atoms with Crippen molar-refractivity contribution in [3.05, 3.63) is 0 Å². The molecule has 2 heterocycles. The summed E-state index contributed by atoms with van der Waals surface area (Å²) in [7, 11) is 0. The van der Waals surface area contributed by atoms with Gasteiger partial charge in [0, 0.05) is 32.1 Å². The molecule has 0 aromatic rings. The fourth-order valence-corrected chi connectivity index (χ4v) is 3.06. The molecule has 120 valence electrons. The van der Waals surface area contributed by atoms with Crippen molar-refractivity contribution in [2.24, 2.45) is 0 Å². The van der Waals surface area contributed by atoms with E-state index in [1.165, 1.54) is 19.3 Å². The second-order valence-electron chi connectivity index (χ2n) is 5.86. The molecule has 2 aliphatic rings. The molecule has 7 heteroatoms. The van der Waals surface area contributed by atoms with E-state index in [4.69, 9.17) is 10.2 Å². The third-order valence-corrected chi connectivity index (χ3v) is 4.34. The van der Waals surface area contributed by atoms with Crippen LogP contribution in [-0.4, -0.2) is 76.9 Å². The molecule has 0 aromatic carbocycles. The lowest BCUT2D eigenvalue weighted by Crippen LogP contribution is -2.44. The first-order valence-electron chi connectivity index (χ1n) is 7.75. The fraction of sp³-hybridized carbons (Fsp3) is 0.857. The average molecular weight is 299 g/mol. The molecule has 0 bridgehead atoms. The number of aliphatic hydroxyl groups is 1. The summed E-state index contributed by atoms with van der Waals surface area (Å²) in [6.07, 6.45) is 3.42. The molecule has 2 rings (SSSR count). The summed E-state index contributed by atoms with van der Waals surface area (Å²) < 4.78 is 0. The first kappa shape index (κ1) is 16.0. The Morgan fingerprint density at radius 2 is 1.90 bits per heavy atom. The molecule has 0 aromatic heterocycles. The Labute approximate surface area is 124 Å². The molecule has 2 unspecified atom stereocenters. The number of carbonyl (C=O) groups is 2. The molecule has 2 aliphatic heterocycles. The summed E-state index contributed by atoms with van der Waals surface area (Å²) in [4.78, 5) is 26.7. The Hall–Kier alpha value is -1.34. The minimum atomic E-state index is -1.41.